The molecule has 0 aliphatic carbocycles. The number of nitrogens with one attached hydrogen (secondary N) is 1. The fourth-order valence-electron chi connectivity index (χ4n) is 2.18. The molecule has 18 heavy (non-hydrogen) atoms. The van der Waals surface area contributed by atoms with Gasteiger partial charge in [-0.25, -0.2) is 4.39 Å². The molecule has 1 N–H and O–H groups in total. The van der Waals surface area contributed by atoms with Crippen molar-refractivity contribution in [1.29, 1.82) is 0 Å². The molecule has 2 nitrogen and oxygen atoms in total. The first-order valence-electron chi connectivity index (χ1n) is 6.52. The average molecular weight is 249 g/mol. The summed E-state index contributed by atoms with van der Waals surface area (Å²) in [5.74, 6) is 1.25. The van der Waals surface area contributed by atoms with Crippen molar-refractivity contribution in [3.8, 4) is 0 Å². The second-order valence-electron chi connectivity index (χ2n) is 5.02. The van der Waals surface area contributed by atoms with Gasteiger partial charge in [-0.15, -0.1) is 0 Å². The Hall–Kier alpha value is -1.35. The summed E-state index contributed by atoms with van der Waals surface area (Å²) in [6.45, 7) is 7.98. The number of hydrogen-bond donors (Lipinski definition) is 1. The highest BCUT2D eigenvalue weighted by molar-refractivity contribution is 5.82. The van der Waals surface area contributed by atoms with E-state index in [4.69, 9.17) is 4.42 Å². The van der Waals surface area contributed by atoms with Crippen LogP contribution in [0.4, 0.5) is 4.39 Å². The van der Waals surface area contributed by atoms with Gasteiger partial charge in [-0.05, 0) is 37.1 Å². The van der Waals surface area contributed by atoms with E-state index >= 15 is 0 Å². The van der Waals surface area contributed by atoms with Gasteiger partial charge in [0.05, 0.1) is 6.54 Å². The van der Waals surface area contributed by atoms with Crippen LogP contribution in [-0.2, 0) is 13.0 Å². The maximum absolute atomic E-state index is 13.4. The van der Waals surface area contributed by atoms with Gasteiger partial charge in [0.1, 0.15) is 17.2 Å². The van der Waals surface area contributed by atoms with E-state index in [1.54, 1.807) is 12.1 Å². The Morgan fingerprint density at radius 3 is 2.78 bits per heavy atom. The number of furan rings is 1. The zero-order valence-electron chi connectivity index (χ0n) is 11.2. The van der Waals surface area contributed by atoms with E-state index in [-0.39, 0.29) is 5.82 Å². The third-order valence-corrected chi connectivity index (χ3v) is 2.98. The quantitative estimate of drug-likeness (QED) is 0.870. The molecule has 2 rings (SSSR count). The van der Waals surface area contributed by atoms with Crippen molar-refractivity contribution in [2.75, 3.05) is 6.54 Å². The highest BCUT2D eigenvalue weighted by Gasteiger charge is 2.15. The summed E-state index contributed by atoms with van der Waals surface area (Å²) in [6, 6.07) is 4.73. The Balaban J connectivity index is 2.47. The van der Waals surface area contributed by atoms with Crippen LogP contribution in [0, 0.1) is 11.7 Å². The summed E-state index contributed by atoms with van der Waals surface area (Å²) >= 11 is 0. The maximum Gasteiger partial charge on any atom is 0.134 e. The largest absolute Gasteiger partial charge is 0.459 e. The molecule has 1 aromatic carbocycles. The molecule has 1 aromatic heterocycles. The lowest BCUT2D eigenvalue weighted by atomic mass is 9.99. The predicted molar refractivity (Wildman–Crippen MR) is 72.1 cm³/mol. The van der Waals surface area contributed by atoms with Gasteiger partial charge in [0.25, 0.3) is 0 Å². The molecule has 1 heterocycles. The van der Waals surface area contributed by atoms with Crippen LogP contribution in [0.15, 0.2) is 22.6 Å². The SMILES string of the molecule is CCNCc1oc2ccc(F)cc2c1CC(C)C. The van der Waals surface area contributed by atoms with Gasteiger partial charge in [0, 0.05) is 10.9 Å². The fraction of sp³-hybridized carbons (Fsp3) is 0.467. The normalized spacial score (nSPS) is 11.6. The highest BCUT2D eigenvalue weighted by atomic mass is 19.1. The predicted octanol–water partition coefficient (Wildman–Crippen LogP) is 3.88. The smallest absolute Gasteiger partial charge is 0.134 e. The van der Waals surface area contributed by atoms with Crippen LogP contribution in [0.25, 0.3) is 11.0 Å². The van der Waals surface area contributed by atoms with Crippen LogP contribution in [0.3, 0.4) is 0 Å². The van der Waals surface area contributed by atoms with Crippen LogP contribution < -0.4 is 5.32 Å². The van der Waals surface area contributed by atoms with Gasteiger partial charge in [-0.1, -0.05) is 20.8 Å². The maximum atomic E-state index is 13.4. The lowest BCUT2D eigenvalue weighted by Gasteiger charge is -2.06. The van der Waals surface area contributed by atoms with E-state index in [9.17, 15) is 4.39 Å². The summed E-state index contributed by atoms with van der Waals surface area (Å²) in [5, 5.41) is 4.18. The Bertz CT molecular complexity index is 531. The van der Waals surface area contributed by atoms with Gasteiger partial charge in [0.15, 0.2) is 0 Å². The molecule has 0 spiro atoms. The van der Waals surface area contributed by atoms with E-state index in [0.717, 1.165) is 35.3 Å². The van der Waals surface area contributed by atoms with Crippen LogP contribution in [0.1, 0.15) is 32.1 Å². The zero-order valence-corrected chi connectivity index (χ0v) is 11.2. The van der Waals surface area contributed by atoms with Gasteiger partial charge >= 0.3 is 0 Å². The second kappa shape index (κ2) is 5.53. The topological polar surface area (TPSA) is 25.2 Å². The Morgan fingerprint density at radius 2 is 2.11 bits per heavy atom. The third-order valence-electron chi connectivity index (χ3n) is 2.98. The standard InChI is InChI=1S/C15H20FNO/c1-4-17-9-15-12(7-10(2)3)13-8-11(16)5-6-14(13)18-15/h5-6,8,10,17H,4,7,9H2,1-3H3. The van der Waals surface area contributed by atoms with Crippen molar-refractivity contribution >= 4 is 11.0 Å². The van der Waals surface area contributed by atoms with Crippen LogP contribution in [-0.4, -0.2) is 6.54 Å². The second-order valence-corrected chi connectivity index (χ2v) is 5.02. The minimum absolute atomic E-state index is 0.205. The number of halogens is 1. The Labute approximate surface area is 107 Å². The molecule has 3 heteroatoms. The van der Waals surface area contributed by atoms with Gasteiger partial charge in [0.2, 0.25) is 0 Å². The molecule has 0 saturated heterocycles. The van der Waals surface area contributed by atoms with E-state index < -0.39 is 0 Å². The minimum atomic E-state index is -0.205. The van der Waals surface area contributed by atoms with Crippen LogP contribution >= 0.6 is 0 Å². The summed E-state index contributed by atoms with van der Waals surface area (Å²) < 4.78 is 19.2. The lowest BCUT2D eigenvalue weighted by Crippen LogP contribution is -2.12. The molecule has 2 aromatic rings. The van der Waals surface area contributed by atoms with Crippen molar-refractivity contribution < 1.29 is 8.81 Å². The van der Waals surface area contributed by atoms with E-state index in [2.05, 4.69) is 26.1 Å². The summed E-state index contributed by atoms with van der Waals surface area (Å²) in [6.07, 6.45) is 0.914. The van der Waals surface area contributed by atoms with Crippen molar-refractivity contribution in [2.24, 2.45) is 5.92 Å². The third kappa shape index (κ3) is 2.72. The van der Waals surface area contributed by atoms with Crippen molar-refractivity contribution in [3.63, 3.8) is 0 Å². The van der Waals surface area contributed by atoms with Crippen molar-refractivity contribution in [2.45, 2.75) is 33.7 Å². The lowest BCUT2D eigenvalue weighted by molar-refractivity contribution is 0.506. The molecule has 0 bridgehead atoms. The van der Waals surface area contributed by atoms with Crippen LogP contribution in [0.5, 0.6) is 0 Å². The van der Waals surface area contributed by atoms with E-state index in [0.29, 0.717) is 12.5 Å². The number of rotatable bonds is 5. The fourth-order valence-corrected chi connectivity index (χ4v) is 2.18. The van der Waals surface area contributed by atoms with Gasteiger partial charge in [-0.2, -0.15) is 0 Å². The Morgan fingerprint density at radius 1 is 1.33 bits per heavy atom. The van der Waals surface area contributed by atoms with Crippen molar-refractivity contribution in [1.82, 2.24) is 5.32 Å². The first kappa shape index (κ1) is 13.1. The Kier molecular flexibility index (Phi) is 4.02. The molecule has 0 unspecified atom stereocenters. The first-order chi connectivity index (χ1) is 8.61. The van der Waals surface area contributed by atoms with Gasteiger partial charge in [-0.3, -0.25) is 0 Å². The number of benzene rings is 1. The molecule has 0 aliphatic rings. The molecule has 0 fully saturated rings. The summed E-state index contributed by atoms with van der Waals surface area (Å²) in [5.41, 5.74) is 1.92. The molecule has 0 aliphatic heterocycles. The monoisotopic (exact) mass is 249 g/mol. The van der Waals surface area contributed by atoms with Crippen LogP contribution in [0.2, 0.25) is 0 Å². The molecular weight excluding hydrogens is 229 g/mol. The summed E-state index contributed by atoms with van der Waals surface area (Å²) in [7, 11) is 0. The van der Waals surface area contributed by atoms with Crippen molar-refractivity contribution in [3.05, 3.63) is 35.3 Å². The number of hydrogen-bond acceptors (Lipinski definition) is 2. The van der Waals surface area contributed by atoms with E-state index in [1.165, 1.54) is 6.07 Å². The molecule has 98 valence electrons. The molecular formula is C15H20FNO. The average Bonchev–Trinajstić information content (AvgIpc) is 2.64. The summed E-state index contributed by atoms with van der Waals surface area (Å²) in [4.78, 5) is 0. The first-order valence-corrected chi connectivity index (χ1v) is 6.52. The molecule has 0 amide bonds. The zero-order chi connectivity index (χ0) is 13.1. The highest BCUT2D eigenvalue weighted by Crippen LogP contribution is 2.28. The molecule has 0 saturated carbocycles. The van der Waals surface area contributed by atoms with E-state index in [1.807, 2.05) is 0 Å². The number of fused-ring (bicyclic) bond motifs is 1. The molecule has 0 radical (unpaired) electrons. The minimum Gasteiger partial charge on any atom is -0.459 e. The van der Waals surface area contributed by atoms with Gasteiger partial charge < -0.3 is 9.73 Å². The molecule has 0 atom stereocenters.